The second-order valence-corrected chi connectivity index (χ2v) is 5.13. The maximum absolute atomic E-state index is 13.0. The standard InChI is InChI=1S/C16H16ClFN2O2/c17-13-8-11(6-7-14(13)18)9-19-16(22)20-15(10-21)12-4-2-1-3-5-12/h1-8,15,21H,9-10H2,(H2,19,20,22)/t15-/m1/s1. The highest BCUT2D eigenvalue weighted by Crippen LogP contribution is 2.16. The van der Waals surface area contributed by atoms with Gasteiger partial charge in [0.25, 0.3) is 0 Å². The van der Waals surface area contributed by atoms with Crippen molar-refractivity contribution in [2.24, 2.45) is 0 Å². The number of halogens is 2. The summed E-state index contributed by atoms with van der Waals surface area (Å²) in [4.78, 5) is 11.9. The summed E-state index contributed by atoms with van der Waals surface area (Å²) in [6, 6.07) is 12.5. The van der Waals surface area contributed by atoms with E-state index in [1.165, 1.54) is 12.1 Å². The minimum absolute atomic E-state index is 0.0113. The molecule has 0 saturated heterocycles. The molecule has 1 atom stereocenters. The number of benzene rings is 2. The molecule has 0 spiro atoms. The summed E-state index contributed by atoms with van der Waals surface area (Å²) >= 11 is 5.68. The largest absolute Gasteiger partial charge is 0.394 e. The lowest BCUT2D eigenvalue weighted by Gasteiger charge is -2.17. The third-order valence-electron chi connectivity index (χ3n) is 3.13. The molecule has 0 aliphatic heterocycles. The zero-order valence-electron chi connectivity index (χ0n) is 11.7. The third-order valence-corrected chi connectivity index (χ3v) is 3.42. The summed E-state index contributed by atoms with van der Waals surface area (Å²) in [5, 5.41) is 14.7. The van der Waals surface area contributed by atoms with Gasteiger partial charge in [-0.2, -0.15) is 0 Å². The Morgan fingerprint density at radius 3 is 2.59 bits per heavy atom. The Morgan fingerprint density at radius 2 is 1.95 bits per heavy atom. The molecule has 3 N–H and O–H groups in total. The molecule has 0 aromatic heterocycles. The number of rotatable bonds is 5. The van der Waals surface area contributed by atoms with Gasteiger partial charge in [-0.1, -0.05) is 48.0 Å². The summed E-state index contributed by atoms with van der Waals surface area (Å²) in [6.07, 6.45) is 0. The molecule has 0 heterocycles. The highest BCUT2D eigenvalue weighted by Gasteiger charge is 2.13. The first-order valence-electron chi connectivity index (χ1n) is 6.74. The van der Waals surface area contributed by atoms with E-state index in [0.717, 1.165) is 5.56 Å². The van der Waals surface area contributed by atoms with E-state index < -0.39 is 17.9 Å². The first-order chi connectivity index (χ1) is 10.6. The van der Waals surface area contributed by atoms with Crippen LogP contribution >= 0.6 is 11.6 Å². The van der Waals surface area contributed by atoms with Crippen molar-refractivity contribution < 1.29 is 14.3 Å². The van der Waals surface area contributed by atoms with E-state index in [4.69, 9.17) is 11.6 Å². The van der Waals surface area contributed by atoms with Crippen LogP contribution < -0.4 is 10.6 Å². The number of carbonyl (C=O) groups excluding carboxylic acids is 1. The van der Waals surface area contributed by atoms with Gasteiger partial charge in [0.1, 0.15) is 5.82 Å². The van der Waals surface area contributed by atoms with Crippen molar-refractivity contribution >= 4 is 17.6 Å². The van der Waals surface area contributed by atoms with E-state index in [1.54, 1.807) is 6.07 Å². The summed E-state index contributed by atoms with van der Waals surface area (Å²) in [7, 11) is 0. The lowest BCUT2D eigenvalue weighted by atomic mass is 10.1. The predicted molar refractivity (Wildman–Crippen MR) is 83.1 cm³/mol. The zero-order valence-corrected chi connectivity index (χ0v) is 12.5. The Balaban J connectivity index is 1.90. The SMILES string of the molecule is O=C(NCc1ccc(F)c(Cl)c1)N[C@H](CO)c1ccccc1. The molecule has 4 nitrogen and oxygen atoms in total. The van der Waals surface area contributed by atoms with Crippen molar-refractivity contribution in [3.63, 3.8) is 0 Å². The van der Waals surface area contributed by atoms with Crippen molar-refractivity contribution in [2.75, 3.05) is 6.61 Å². The molecule has 0 aliphatic carbocycles. The van der Waals surface area contributed by atoms with Gasteiger partial charge in [-0.3, -0.25) is 0 Å². The number of hydrogen-bond donors (Lipinski definition) is 3. The molecular weight excluding hydrogens is 307 g/mol. The molecule has 0 fully saturated rings. The lowest BCUT2D eigenvalue weighted by molar-refractivity contribution is 0.216. The molecule has 0 aliphatic rings. The zero-order chi connectivity index (χ0) is 15.9. The second-order valence-electron chi connectivity index (χ2n) is 4.72. The molecule has 6 heteroatoms. The number of urea groups is 1. The van der Waals surface area contributed by atoms with Gasteiger partial charge < -0.3 is 15.7 Å². The van der Waals surface area contributed by atoms with Crippen LogP contribution in [0, 0.1) is 5.82 Å². The van der Waals surface area contributed by atoms with Gasteiger partial charge in [0, 0.05) is 6.54 Å². The normalized spacial score (nSPS) is 11.8. The van der Waals surface area contributed by atoms with E-state index in [9.17, 15) is 14.3 Å². The molecule has 2 rings (SSSR count). The Morgan fingerprint density at radius 1 is 1.23 bits per heavy atom. The molecule has 2 aromatic rings. The fraction of sp³-hybridized carbons (Fsp3) is 0.188. The summed E-state index contributed by atoms with van der Waals surface area (Å²) in [5.74, 6) is -0.501. The van der Waals surface area contributed by atoms with E-state index in [0.29, 0.717) is 5.56 Å². The van der Waals surface area contributed by atoms with Gasteiger partial charge in [0.05, 0.1) is 17.7 Å². The van der Waals surface area contributed by atoms with Crippen molar-refractivity contribution in [1.29, 1.82) is 0 Å². The van der Waals surface area contributed by atoms with Crippen LogP contribution in [-0.4, -0.2) is 17.7 Å². The first-order valence-corrected chi connectivity index (χ1v) is 7.12. The highest BCUT2D eigenvalue weighted by atomic mass is 35.5. The molecular formula is C16H16ClFN2O2. The van der Waals surface area contributed by atoms with Crippen LogP contribution in [0.1, 0.15) is 17.2 Å². The van der Waals surface area contributed by atoms with E-state index in [2.05, 4.69) is 10.6 Å². The maximum Gasteiger partial charge on any atom is 0.315 e. The van der Waals surface area contributed by atoms with Gasteiger partial charge in [0.15, 0.2) is 0 Å². The minimum Gasteiger partial charge on any atom is -0.394 e. The average Bonchev–Trinajstić information content (AvgIpc) is 2.54. The smallest absolute Gasteiger partial charge is 0.315 e. The Labute approximate surface area is 132 Å². The Kier molecular flexibility index (Phi) is 5.75. The fourth-order valence-electron chi connectivity index (χ4n) is 1.96. The quantitative estimate of drug-likeness (QED) is 0.792. The number of hydrogen-bond acceptors (Lipinski definition) is 2. The molecule has 0 bridgehead atoms. The number of carbonyl (C=O) groups is 1. The maximum atomic E-state index is 13.0. The summed E-state index contributed by atoms with van der Waals surface area (Å²) < 4.78 is 13.0. The van der Waals surface area contributed by atoms with Gasteiger partial charge in [-0.05, 0) is 23.3 Å². The molecule has 0 saturated carbocycles. The second kappa shape index (κ2) is 7.77. The van der Waals surface area contributed by atoms with Crippen LogP contribution in [-0.2, 0) is 6.54 Å². The van der Waals surface area contributed by atoms with Crippen LogP contribution in [0.5, 0.6) is 0 Å². The van der Waals surface area contributed by atoms with E-state index in [1.807, 2.05) is 30.3 Å². The summed E-state index contributed by atoms with van der Waals surface area (Å²) in [6.45, 7) is -0.00141. The van der Waals surface area contributed by atoms with Crippen LogP contribution in [0.3, 0.4) is 0 Å². The van der Waals surface area contributed by atoms with Crippen molar-refractivity contribution in [3.8, 4) is 0 Å². The molecule has 116 valence electrons. The topological polar surface area (TPSA) is 61.4 Å². The summed E-state index contributed by atoms with van der Waals surface area (Å²) in [5.41, 5.74) is 1.49. The predicted octanol–water partition coefficient (Wildman–Crippen LogP) is 3.01. The van der Waals surface area contributed by atoms with Crippen LogP contribution in [0.15, 0.2) is 48.5 Å². The molecule has 22 heavy (non-hydrogen) atoms. The van der Waals surface area contributed by atoms with Gasteiger partial charge in [-0.15, -0.1) is 0 Å². The number of aliphatic hydroxyl groups is 1. The number of nitrogens with one attached hydrogen (secondary N) is 2. The molecule has 2 aromatic carbocycles. The van der Waals surface area contributed by atoms with Gasteiger partial charge >= 0.3 is 6.03 Å². The average molecular weight is 323 g/mol. The van der Waals surface area contributed by atoms with Crippen molar-refractivity contribution in [2.45, 2.75) is 12.6 Å². The van der Waals surface area contributed by atoms with Crippen molar-refractivity contribution in [3.05, 3.63) is 70.5 Å². The Bertz CT molecular complexity index is 637. The van der Waals surface area contributed by atoms with Crippen LogP contribution in [0.4, 0.5) is 9.18 Å². The van der Waals surface area contributed by atoms with Crippen LogP contribution in [0.2, 0.25) is 5.02 Å². The van der Waals surface area contributed by atoms with Gasteiger partial charge in [0.2, 0.25) is 0 Å². The van der Waals surface area contributed by atoms with E-state index >= 15 is 0 Å². The lowest BCUT2D eigenvalue weighted by Crippen LogP contribution is -2.38. The molecule has 2 amide bonds. The highest BCUT2D eigenvalue weighted by molar-refractivity contribution is 6.30. The fourth-order valence-corrected chi connectivity index (χ4v) is 2.16. The van der Waals surface area contributed by atoms with Crippen LogP contribution in [0.25, 0.3) is 0 Å². The van der Waals surface area contributed by atoms with Crippen molar-refractivity contribution in [1.82, 2.24) is 10.6 Å². The van der Waals surface area contributed by atoms with E-state index in [-0.39, 0.29) is 18.2 Å². The number of aliphatic hydroxyl groups excluding tert-OH is 1. The molecule has 0 radical (unpaired) electrons. The minimum atomic E-state index is -0.501. The Hall–Kier alpha value is -2.11. The third kappa shape index (κ3) is 4.44. The monoisotopic (exact) mass is 322 g/mol. The van der Waals surface area contributed by atoms with Gasteiger partial charge in [-0.25, -0.2) is 9.18 Å². The number of amides is 2. The first kappa shape index (κ1) is 16.3. The molecule has 0 unspecified atom stereocenters.